The van der Waals surface area contributed by atoms with Gasteiger partial charge >= 0.3 is 0 Å². The fraction of sp³-hybridized carbons (Fsp3) is 0.556. The van der Waals surface area contributed by atoms with Gasteiger partial charge in [0.2, 0.25) is 11.8 Å². The number of anilines is 1. The number of benzene rings is 1. The number of aromatic nitrogens is 2. The smallest absolute Gasteiger partial charge is 0.242 e. The van der Waals surface area contributed by atoms with Gasteiger partial charge in [-0.25, -0.2) is 0 Å². The quantitative estimate of drug-likeness (QED) is 0.548. The molecule has 0 unspecified atom stereocenters. The van der Waals surface area contributed by atoms with Crippen LogP contribution in [0, 0.1) is 11.8 Å². The number of rotatable bonds is 9. The SMILES string of the molecule is CC[C@@H](C)CN(CC(=O)N1CCN(c2ccc(-c3ccc(OC)cc3)nn2)CC1)C(=O)C1CCC1. The van der Waals surface area contributed by atoms with Gasteiger partial charge in [-0.1, -0.05) is 26.7 Å². The summed E-state index contributed by atoms with van der Waals surface area (Å²) >= 11 is 0. The molecule has 0 spiro atoms. The highest BCUT2D eigenvalue weighted by molar-refractivity contribution is 5.86. The largest absolute Gasteiger partial charge is 0.497 e. The van der Waals surface area contributed by atoms with Crippen molar-refractivity contribution >= 4 is 17.6 Å². The predicted molar refractivity (Wildman–Crippen MR) is 136 cm³/mol. The van der Waals surface area contributed by atoms with Crippen molar-refractivity contribution in [3.8, 4) is 17.0 Å². The Morgan fingerprint density at radius 2 is 1.77 bits per heavy atom. The van der Waals surface area contributed by atoms with Crippen molar-refractivity contribution in [2.45, 2.75) is 39.5 Å². The normalized spacial score (nSPS) is 17.0. The second-order valence-corrected chi connectivity index (χ2v) is 9.73. The first-order valence-electron chi connectivity index (χ1n) is 12.8. The Balaban J connectivity index is 1.31. The van der Waals surface area contributed by atoms with Gasteiger partial charge in [0.1, 0.15) is 5.75 Å². The first-order valence-corrected chi connectivity index (χ1v) is 12.8. The van der Waals surface area contributed by atoms with Crippen LogP contribution >= 0.6 is 0 Å². The molecule has 1 aliphatic heterocycles. The minimum absolute atomic E-state index is 0.0431. The summed E-state index contributed by atoms with van der Waals surface area (Å²) in [4.78, 5) is 31.9. The summed E-state index contributed by atoms with van der Waals surface area (Å²) in [6, 6.07) is 11.7. The van der Waals surface area contributed by atoms with E-state index in [1.807, 2.05) is 46.2 Å². The molecule has 188 valence electrons. The summed E-state index contributed by atoms with van der Waals surface area (Å²) in [7, 11) is 1.65. The lowest BCUT2D eigenvalue weighted by Crippen LogP contribution is -2.53. The van der Waals surface area contributed by atoms with Gasteiger partial charge in [-0.05, 0) is 55.2 Å². The Morgan fingerprint density at radius 1 is 1.06 bits per heavy atom. The molecule has 2 fully saturated rings. The highest BCUT2D eigenvalue weighted by atomic mass is 16.5. The molecule has 1 aromatic carbocycles. The number of amides is 2. The standard InChI is InChI=1S/C27H37N5O3/c1-4-20(2)18-32(27(34)22-6-5-7-22)19-26(33)31-16-14-30(15-17-31)25-13-12-24(28-29-25)21-8-10-23(35-3)11-9-21/h8-13,20,22H,4-7,14-19H2,1-3H3/t20-/m1/s1. The van der Waals surface area contributed by atoms with Crippen molar-refractivity contribution in [1.29, 1.82) is 0 Å². The fourth-order valence-corrected chi connectivity index (χ4v) is 4.51. The van der Waals surface area contributed by atoms with E-state index in [1.54, 1.807) is 7.11 Å². The van der Waals surface area contributed by atoms with E-state index in [-0.39, 0.29) is 24.3 Å². The van der Waals surface area contributed by atoms with Crippen LogP contribution in [0.2, 0.25) is 0 Å². The van der Waals surface area contributed by atoms with Gasteiger partial charge in [0.25, 0.3) is 0 Å². The lowest BCUT2D eigenvalue weighted by Gasteiger charge is -2.37. The van der Waals surface area contributed by atoms with Crippen LogP contribution < -0.4 is 9.64 Å². The summed E-state index contributed by atoms with van der Waals surface area (Å²) in [6.45, 7) is 7.76. The van der Waals surface area contributed by atoms with Crippen molar-refractivity contribution < 1.29 is 14.3 Å². The molecule has 2 aromatic rings. The molecular weight excluding hydrogens is 442 g/mol. The molecule has 1 aliphatic carbocycles. The third-order valence-corrected chi connectivity index (χ3v) is 7.31. The number of carbonyl (C=O) groups is 2. The number of piperazine rings is 1. The first kappa shape index (κ1) is 24.9. The highest BCUT2D eigenvalue weighted by Gasteiger charge is 2.32. The van der Waals surface area contributed by atoms with Crippen LogP contribution in [0.1, 0.15) is 39.5 Å². The van der Waals surface area contributed by atoms with Crippen LogP contribution in [-0.2, 0) is 9.59 Å². The molecule has 8 heteroatoms. The Kier molecular flexibility index (Phi) is 8.21. The molecule has 0 N–H and O–H groups in total. The molecule has 1 saturated carbocycles. The molecule has 1 aromatic heterocycles. The van der Waals surface area contributed by atoms with Crippen LogP contribution in [0.25, 0.3) is 11.3 Å². The molecule has 0 bridgehead atoms. The van der Waals surface area contributed by atoms with Crippen molar-refractivity contribution in [3.63, 3.8) is 0 Å². The van der Waals surface area contributed by atoms with Gasteiger partial charge in [0.05, 0.1) is 19.3 Å². The molecule has 8 nitrogen and oxygen atoms in total. The molecule has 0 radical (unpaired) electrons. The van der Waals surface area contributed by atoms with E-state index < -0.39 is 0 Å². The maximum Gasteiger partial charge on any atom is 0.242 e. The van der Waals surface area contributed by atoms with E-state index in [0.29, 0.717) is 38.6 Å². The third kappa shape index (κ3) is 6.10. The topological polar surface area (TPSA) is 78.9 Å². The zero-order chi connectivity index (χ0) is 24.8. The lowest BCUT2D eigenvalue weighted by molar-refractivity contribution is -0.145. The molecule has 1 saturated heterocycles. The Labute approximate surface area is 208 Å². The summed E-state index contributed by atoms with van der Waals surface area (Å²) in [5.41, 5.74) is 1.79. The number of methoxy groups -OCH3 is 1. The van der Waals surface area contributed by atoms with Crippen molar-refractivity contribution in [2.75, 3.05) is 51.3 Å². The lowest BCUT2D eigenvalue weighted by atomic mass is 9.84. The maximum absolute atomic E-state index is 13.1. The van der Waals surface area contributed by atoms with E-state index in [4.69, 9.17) is 4.74 Å². The molecule has 2 aliphatic rings. The number of carbonyl (C=O) groups excluding carboxylic acids is 2. The molecule has 2 amide bonds. The Bertz CT molecular complexity index is 983. The fourth-order valence-electron chi connectivity index (χ4n) is 4.51. The predicted octanol–water partition coefficient (Wildman–Crippen LogP) is 3.48. The van der Waals surface area contributed by atoms with E-state index in [0.717, 1.165) is 48.5 Å². The van der Waals surface area contributed by atoms with E-state index in [1.165, 1.54) is 0 Å². The van der Waals surface area contributed by atoms with Crippen molar-refractivity contribution in [2.24, 2.45) is 11.8 Å². The molecule has 2 heterocycles. The Hall–Kier alpha value is -3.16. The maximum atomic E-state index is 13.1. The minimum atomic E-state index is 0.0431. The highest BCUT2D eigenvalue weighted by Crippen LogP contribution is 2.29. The summed E-state index contributed by atoms with van der Waals surface area (Å²) in [5.74, 6) is 2.33. The van der Waals surface area contributed by atoms with Gasteiger partial charge < -0.3 is 19.4 Å². The first-order chi connectivity index (χ1) is 17.0. The monoisotopic (exact) mass is 479 g/mol. The zero-order valence-corrected chi connectivity index (χ0v) is 21.2. The average Bonchev–Trinajstić information content (AvgIpc) is 2.87. The van der Waals surface area contributed by atoms with Crippen LogP contribution in [-0.4, -0.2) is 78.2 Å². The van der Waals surface area contributed by atoms with Gasteiger partial charge in [-0.3, -0.25) is 9.59 Å². The van der Waals surface area contributed by atoms with Crippen molar-refractivity contribution in [3.05, 3.63) is 36.4 Å². The van der Waals surface area contributed by atoms with Crippen LogP contribution in [0.4, 0.5) is 5.82 Å². The van der Waals surface area contributed by atoms with E-state index in [9.17, 15) is 9.59 Å². The van der Waals surface area contributed by atoms with Crippen LogP contribution in [0.5, 0.6) is 5.75 Å². The summed E-state index contributed by atoms with van der Waals surface area (Å²) in [6.07, 6.45) is 4.04. The second-order valence-electron chi connectivity index (χ2n) is 9.73. The Morgan fingerprint density at radius 3 is 2.31 bits per heavy atom. The molecular formula is C27H37N5O3. The third-order valence-electron chi connectivity index (χ3n) is 7.31. The number of nitrogens with zero attached hydrogens (tertiary/aromatic N) is 5. The van der Waals surface area contributed by atoms with E-state index in [2.05, 4.69) is 28.9 Å². The van der Waals surface area contributed by atoms with Gasteiger partial charge in [0, 0.05) is 44.2 Å². The summed E-state index contributed by atoms with van der Waals surface area (Å²) < 4.78 is 5.21. The van der Waals surface area contributed by atoms with Crippen LogP contribution in [0.15, 0.2) is 36.4 Å². The van der Waals surface area contributed by atoms with Gasteiger partial charge in [0.15, 0.2) is 5.82 Å². The number of hydrogen-bond acceptors (Lipinski definition) is 6. The summed E-state index contributed by atoms with van der Waals surface area (Å²) in [5, 5.41) is 8.83. The van der Waals surface area contributed by atoms with E-state index >= 15 is 0 Å². The second kappa shape index (κ2) is 11.5. The number of ether oxygens (including phenoxy) is 1. The minimum Gasteiger partial charge on any atom is -0.497 e. The van der Waals surface area contributed by atoms with Gasteiger partial charge in [-0.2, -0.15) is 0 Å². The average molecular weight is 480 g/mol. The van der Waals surface area contributed by atoms with Crippen molar-refractivity contribution in [1.82, 2.24) is 20.0 Å². The number of hydrogen-bond donors (Lipinski definition) is 0. The van der Waals surface area contributed by atoms with Gasteiger partial charge in [-0.15, -0.1) is 10.2 Å². The molecule has 4 rings (SSSR count). The zero-order valence-electron chi connectivity index (χ0n) is 21.2. The van der Waals surface area contributed by atoms with Crippen LogP contribution in [0.3, 0.4) is 0 Å². The molecule has 1 atom stereocenters. The molecule has 35 heavy (non-hydrogen) atoms.